The second-order valence-electron chi connectivity index (χ2n) is 9.79. The van der Waals surface area contributed by atoms with Crippen LogP contribution in [0.15, 0.2) is 30.3 Å². The molecule has 0 N–H and O–H groups in total. The third-order valence-electron chi connectivity index (χ3n) is 6.29. The maximum atomic E-state index is 12.9. The first-order valence-electron chi connectivity index (χ1n) is 11.5. The van der Waals surface area contributed by atoms with E-state index in [1.54, 1.807) is 0 Å². The molecule has 0 unspecified atom stereocenters. The zero-order valence-electron chi connectivity index (χ0n) is 19.5. The molecule has 0 spiro atoms. The van der Waals surface area contributed by atoms with Crippen molar-refractivity contribution in [1.29, 1.82) is 5.26 Å². The van der Waals surface area contributed by atoms with Crippen molar-refractivity contribution in [3.8, 4) is 6.07 Å². The second-order valence-corrected chi connectivity index (χ2v) is 9.79. The van der Waals surface area contributed by atoms with E-state index in [0.717, 1.165) is 29.8 Å². The van der Waals surface area contributed by atoms with Gasteiger partial charge >= 0.3 is 0 Å². The van der Waals surface area contributed by atoms with Gasteiger partial charge in [0.15, 0.2) is 5.69 Å². The summed E-state index contributed by atoms with van der Waals surface area (Å²) in [6, 6.07) is 11.8. The van der Waals surface area contributed by atoms with Crippen LogP contribution < -0.4 is 4.90 Å². The van der Waals surface area contributed by atoms with Gasteiger partial charge in [0.1, 0.15) is 6.07 Å². The number of hydrogen-bond donors (Lipinski definition) is 0. The Morgan fingerprint density at radius 3 is 2.50 bits per heavy atom. The Balaban J connectivity index is 1.65. The largest absolute Gasteiger partial charge is 0.369 e. The highest BCUT2D eigenvalue weighted by Crippen LogP contribution is 2.37. The Labute approximate surface area is 190 Å². The lowest BCUT2D eigenvalue weighted by molar-refractivity contribution is -0.0423. The van der Waals surface area contributed by atoms with Gasteiger partial charge < -0.3 is 14.5 Å². The molecule has 0 atom stereocenters. The fourth-order valence-corrected chi connectivity index (χ4v) is 4.73. The monoisotopic (exact) mass is 432 g/mol. The van der Waals surface area contributed by atoms with Gasteiger partial charge in [-0.05, 0) is 49.4 Å². The van der Waals surface area contributed by atoms with Crippen LogP contribution in [0.25, 0.3) is 0 Å². The molecule has 32 heavy (non-hydrogen) atoms. The minimum Gasteiger partial charge on any atom is -0.369 e. The highest BCUT2D eigenvalue weighted by atomic mass is 16.5. The molecule has 1 fully saturated rings. The molecule has 2 aromatic rings. The van der Waals surface area contributed by atoms with Crippen LogP contribution in [-0.4, -0.2) is 47.6 Å². The summed E-state index contributed by atoms with van der Waals surface area (Å²) in [6.45, 7) is 11.7. The molecule has 3 heterocycles. The van der Waals surface area contributed by atoms with E-state index in [2.05, 4.69) is 38.7 Å². The Morgan fingerprint density at radius 2 is 1.88 bits per heavy atom. The number of pyridine rings is 1. The molecule has 2 aliphatic rings. The molecule has 4 rings (SSSR count). The number of nitrogens with zero attached hydrogens (tertiary/aromatic N) is 4. The smallest absolute Gasteiger partial charge is 0.253 e. The van der Waals surface area contributed by atoms with Crippen molar-refractivity contribution in [3.63, 3.8) is 0 Å². The molecule has 168 valence electrons. The van der Waals surface area contributed by atoms with E-state index in [-0.39, 0.29) is 11.5 Å². The van der Waals surface area contributed by atoms with Crippen LogP contribution in [0.1, 0.15) is 60.6 Å². The van der Waals surface area contributed by atoms with Crippen LogP contribution in [0.2, 0.25) is 0 Å². The summed E-state index contributed by atoms with van der Waals surface area (Å²) in [5.74, 6) is 0.523. The molecular weight excluding hydrogens is 400 g/mol. The highest BCUT2D eigenvalue weighted by molar-refractivity contribution is 5.94. The molecule has 0 bridgehead atoms. The van der Waals surface area contributed by atoms with E-state index in [4.69, 9.17) is 9.72 Å². The second kappa shape index (κ2) is 8.91. The zero-order chi connectivity index (χ0) is 22.9. The van der Waals surface area contributed by atoms with Crippen molar-refractivity contribution in [2.24, 2.45) is 5.92 Å². The molecule has 1 amide bonds. The lowest BCUT2D eigenvalue weighted by atomic mass is 9.86. The number of aromatic nitrogens is 1. The highest BCUT2D eigenvalue weighted by Gasteiger charge is 2.33. The fraction of sp³-hybridized carbons (Fsp3) is 0.500. The summed E-state index contributed by atoms with van der Waals surface area (Å²) < 4.78 is 5.99. The van der Waals surface area contributed by atoms with Gasteiger partial charge in [-0.2, -0.15) is 5.26 Å². The predicted molar refractivity (Wildman–Crippen MR) is 125 cm³/mol. The standard InChI is InChI=1S/C26H32N4O2/c1-18(2)14-20-21-15-26(3,4)32-17-23(21)28-22(16-27)24(20)29-10-12-30(13-11-29)25(31)19-8-6-5-7-9-19/h5-9,18H,10-15,17H2,1-4H3. The maximum Gasteiger partial charge on any atom is 0.253 e. The number of amides is 1. The number of ether oxygens (including phenoxy) is 1. The van der Waals surface area contributed by atoms with Gasteiger partial charge in [0.2, 0.25) is 0 Å². The minimum absolute atomic E-state index is 0.0654. The van der Waals surface area contributed by atoms with Crippen molar-refractivity contribution >= 4 is 11.6 Å². The summed E-state index contributed by atoms with van der Waals surface area (Å²) in [5, 5.41) is 9.96. The molecule has 6 heteroatoms. The van der Waals surface area contributed by atoms with E-state index in [1.165, 1.54) is 11.1 Å². The Bertz CT molecular complexity index is 1030. The lowest BCUT2D eigenvalue weighted by Gasteiger charge is -2.39. The SMILES string of the molecule is CC(C)Cc1c2c(nc(C#N)c1N1CCN(C(=O)c3ccccc3)CC1)COC(C)(C)C2. The summed E-state index contributed by atoms with van der Waals surface area (Å²) in [5.41, 5.74) is 5.30. The summed E-state index contributed by atoms with van der Waals surface area (Å²) in [6.07, 6.45) is 1.69. The van der Waals surface area contributed by atoms with Crippen LogP contribution in [-0.2, 0) is 24.2 Å². The van der Waals surface area contributed by atoms with E-state index < -0.39 is 0 Å². The number of hydrogen-bond acceptors (Lipinski definition) is 5. The first kappa shape index (κ1) is 22.3. The average Bonchev–Trinajstić information content (AvgIpc) is 2.78. The van der Waals surface area contributed by atoms with Gasteiger partial charge in [0.25, 0.3) is 5.91 Å². The van der Waals surface area contributed by atoms with Gasteiger partial charge in [0.05, 0.1) is 23.6 Å². The van der Waals surface area contributed by atoms with Crippen molar-refractivity contribution in [2.45, 2.75) is 52.7 Å². The number of carbonyl (C=O) groups excluding carboxylic acids is 1. The van der Waals surface area contributed by atoms with E-state index in [0.29, 0.717) is 44.4 Å². The van der Waals surface area contributed by atoms with Gasteiger partial charge in [-0.15, -0.1) is 0 Å². The average molecular weight is 433 g/mol. The topological polar surface area (TPSA) is 69.5 Å². The fourth-order valence-electron chi connectivity index (χ4n) is 4.73. The van der Waals surface area contributed by atoms with Gasteiger partial charge in [-0.25, -0.2) is 4.98 Å². The lowest BCUT2D eigenvalue weighted by Crippen LogP contribution is -2.49. The summed E-state index contributed by atoms with van der Waals surface area (Å²) in [4.78, 5) is 21.8. The molecule has 2 aliphatic heterocycles. The van der Waals surface area contributed by atoms with Crippen molar-refractivity contribution in [3.05, 3.63) is 58.4 Å². The van der Waals surface area contributed by atoms with E-state index >= 15 is 0 Å². The third-order valence-corrected chi connectivity index (χ3v) is 6.29. The predicted octanol–water partition coefficient (Wildman–Crippen LogP) is 3.97. The van der Waals surface area contributed by atoms with Gasteiger partial charge in [-0.1, -0.05) is 32.0 Å². The van der Waals surface area contributed by atoms with Crippen LogP contribution in [0.4, 0.5) is 5.69 Å². The Kier molecular flexibility index (Phi) is 6.21. The molecule has 0 saturated carbocycles. The first-order valence-corrected chi connectivity index (χ1v) is 11.5. The number of fused-ring (bicyclic) bond motifs is 1. The molecule has 1 aromatic carbocycles. The van der Waals surface area contributed by atoms with E-state index in [9.17, 15) is 10.1 Å². The zero-order valence-corrected chi connectivity index (χ0v) is 19.5. The molecule has 1 aromatic heterocycles. The van der Waals surface area contributed by atoms with Crippen molar-refractivity contribution in [2.75, 3.05) is 31.1 Å². The first-order chi connectivity index (χ1) is 15.3. The maximum absolute atomic E-state index is 12.9. The number of benzene rings is 1. The summed E-state index contributed by atoms with van der Waals surface area (Å²) >= 11 is 0. The molecular formula is C26H32N4O2. The Morgan fingerprint density at radius 1 is 1.19 bits per heavy atom. The number of rotatable bonds is 4. The van der Waals surface area contributed by atoms with Crippen LogP contribution in [0.5, 0.6) is 0 Å². The summed E-state index contributed by atoms with van der Waals surface area (Å²) in [7, 11) is 0. The molecule has 6 nitrogen and oxygen atoms in total. The van der Waals surface area contributed by atoms with Crippen molar-refractivity contribution in [1.82, 2.24) is 9.88 Å². The van der Waals surface area contributed by atoms with Crippen LogP contribution in [0, 0.1) is 17.2 Å². The number of nitriles is 1. The van der Waals surface area contributed by atoms with E-state index in [1.807, 2.05) is 35.2 Å². The molecule has 0 aliphatic carbocycles. The quantitative estimate of drug-likeness (QED) is 0.731. The van der Waals surface area contributed by atoms with Gasteiger partial charge in [-0.3, -0.25) is 4.79 Å². The number of anilines is 1. The van der Waals surface area contributed by atoms with Crippen molar-refractivity contribution < 1.29 is 9.53 Å². The van der Waals surface area contributed by atoms with Crippen LogP contribution >= 0.6 is 0 Å². The van der Waals surface area contributed by atoms with Gasteiger partial charge in [0, 0.05) is 38.2 Å². The molecule has 0 radical (unpaired) electrons. The third kappa shape index (κ3) is 4.49. The minimum atomic E-state index is -0.243. The normalized spacial score (nSPS) is 17.8. The number of piperazine rings is 1. The Hall–Kier alpha value is -2.91. The van der Waals surface area contributed by atoms with Crippen LogP contribution in [0.3, 0.4) is 0 Å². The number of carbonyl (C=O) groups is 1. The molecule has 1 saturated heterocycles.